The molecule has 0 bridgehead atoms. The van der Waals surface area contributed by atoms with E-state index in [4.69, 9.17) is 5.11 Å². The Morgan fingerprint density at radius 1 is 0.203 bits per heavy atom. The molecule has 0 aliphatic carbocycles. The summed E-state index contributed by atoms with van der Waals surface area (Å²) in [6, 6.07) is 85.1. The molecule has 374 valence electrons. The van der Waals surface area contributed by atoms with Crippen LogP contribution in [-0.4, -0.2) is 20.4 Å². The number of phenols is 4. The Kier molecular flexibility index (Phi) is 20.9. The minimum absolute atomic E-state index is 0. The molecule has 0 aromatic heterocycles. The van der Waals surface area contributed by atoms with Crippen LogP contribution in [-0.2, 0) is 0 Å². The zero-order chi connectivity index (χ0) is 49.0. The van der Waals surface area contributed by atoms with Gasteiger partial charge in [-0.15, -0.1) is 0 Å². The van der Waals surface area contributed by atoms with Crippen LogP contribution < -0.4 is 26.6 Å². The predicted octanol–water partition coefficient (Wildman–Crippen LogP) is 18.5. The van der Waals surface area contributed by atoms with Crippen molar-refractivity contribution in [2.24, 2.45) is 0 Å². The van der Waals surface area contributed by atoms with E-state index in [0.717, 1.165) is 56.9 Å². The molecule has 0 spiro atoms. The molecule has 11 aromatic carbocycles. The van der Waals surface area contributed by atoms with Crippen LogP contribution in [0.15, 0.2) is 267 Å². The molecule has 0 saturated heterocycles. The maximum absolute atomic E-state index is 9.27. The van der Waals surface area contributed by atoms with Crippen LogP contribution in [0.3, 0.4) is 0 Å². The lowest BCUT2D eigenvalue weighted by Gasteiger charge is -2.09. The van der Waals surface area contributed by atoms with E-state index < -0.39 is 0 Å². The lowest BCUT2D eigenvalue weighted by Crippen LogP contribution is -1.92. The lowest BCUT2D eigenvalue weighted by atomic mass is 10.1. The van der Waals surface area contributed by atoms with Crippen molar-refractivity contribution in [1.82, 2.24) is 0 Å². The number of hydrogen-bond donors (Lipinski definition) is 9. The van der Waals surface area contributed by atoms with Gasteiger partial charge in [0.2, 0.25) is 0 Å². The van der Waals surface area contributed by atoms with Crippen molar-refractivity contribution in [2.45, 2.75) is 22.3 Å². The lowest BCUT2D eigenvalue weighted by molar-refractivity contribution is 0.475. The van der Waals surface area contributed by atoms with Crippen LogP contribution in [0.1, 0.15) is 22.3 Å². The van der Waals surface area contributed by atoms with Gasteiger partial charge in [-0.1, -0.05) is 125 Å². The number of phenolic OH excluding ortho intramolecular Hbond substituents is 4. The smallest absolute Gasteiger partial charge is 0.115 e. The van der Waals surface area contributed by atoms with E-state index in [2.05, 4.69) is 81.2 Å². The molecule has 0 fully saturated rings. The summed E-state index contributed by atoms with van der Waals surface area (Å²) in [4.78, 5) is 0. The summed E-state index contributed by atoms with van der Waals surface area (Å²) >= 11 is 0. The minimum atomic E-state index is 0. The summed E-state index contributed by atoms with van der Waals surface area (Å²) in [6.45, 7) is 0. The molecule has 9 heteroatoms. The number of nitrogens with one attached hydrogen (secondary N) is 5. The second-order valence-electron chi connectivity index (χ2n) is 16.2. The Labute approximate surface area is 435 Å². The van der Waals surface area contributed by atoms with Gasteiger partial charge in [0, 0.05) is 62.3 Å². The number of rotatable bonds is 10. The summed E-state index contributed by atoms with van der Waals surface area (Å²) in [5.41, 5.74) is 10.1. The van der Waals surface area contributed by atoms with Crippen LogP contribution >= 0.6 is 0 Å². The molecule has 11 aromatic rings. The molecule has 0 heterocycles. The van der Waals surface area contributed by atoms with Crippen LogP contribution in [0.5, 0.6) is 23.0 Å². The van der Waals surface area contributed by atoms with Crippen molar-refractivity contribution in [1.29, 1.82) is 0 Å². The molecule has 0 atom stereocenters. The van der Waals surface area contributed by atoms with E-state index in [1.807, 2.05) is 164 Å². The maximum atomic E-state index is 9.27. The van der Waals surface area contributed by atoms with Gasteiger partial charge in [0.25, 0.3) is 0 Å². The van der Waals surface area contributed by atoms with Crippen molar-refractivity contribution in [3.63, 3.8) is 0 Å². The average Bonchev–Trinajstić information content (AvgIpc) is 3.41. The molecule has 0 saturated carbocycles. The Morgan fingerprint density at radius 2 is 0.486 bits per heavy atom. The Balaban J connectivity index is 0.000000182. The number of aromatic hydroxyl groups is 4. The summed E-state index contributed by atoms with van der Waals surface area (Å²) in [6.07, 6.45) is 0. The minimum Gasteiger partial charge on any atom is -0.508 e. The largest absolute Gasteiger partial charge is 0.508 e. The van der Waals surface area contributed by atoms with Crippen molar-refractivity contribution < 1.29 is 20.4 Å². The molecule has 74 heavy (non-hydrogen) atoms. The van der Waals surface area contributed by atoms with E-state index in [1.54, 1.807) is 48.5 Å². The van der Waals surface area contributed by atoms with Gasteiger partial charge in [-0.05, 0) is 180 Å². The first kappa shape index (κ1) is 55.1. The molecule has 0 aliphatic heterocycles. The first-order valence-corrected chi connectivity index (χ1v) is 23.0. The van der Waals surface area contributed by atoms with Crippen molar-refractivity contribution in [3.05, 3.63) is 267 Å². The van der Waals surface area contributed by atoms with Gasteiger partial charge < -0.3 is 47.0 Å². The van der Waals surface area contributed by atoms with Crippen LogP contribution in [0.4, 0.5) is 56.9 Å². The van der Waals surface area contributed by atoms with Gasteiger partial charge >= 0.3 is 0 Å². The van der Waals surface area contributed by atoms with E-state index in [0.29, 0.717) is 0 Å². The quantitative estimate of drug-likeness (QED) is 0.0613. The highest BCUT2D eigenvalue weighted by Gasteiger charge is 2.02. The van der Waals surface area contributed by atoms with Gasteiger partial charge in [0.1, 0.15) is 23.0 Å². The van der Waals surface area contributed by atoms with Gasteiger partial charge in [-0.25, -0.2) is 0 Å². The van der Waals surface area contributed by atoms with Crippen molar-refractivity contribution in [2.75, 3.05) is 26.6 Å². The first-order chi connectivity index (χ1) is 34.8. The van der Waals surface area contributed by atoms with Gasteiger partial charge in [-0.2, -0.15) is 0 Å². The average molecular weight is 980 g/mol. The molecule has 0 unspecified atom stereocenters. The zero-order valence-electron chi connectivity index (χ0n) is 38.7. The number of hydrogen-bond acceptors (Lipinski definition) is 9. The van der Waals surface area contributed by atoms with Crippen LogP contribution in [0, 0.1) is 0 Å². The van der Waals surface area contributed by atoms with Gasteiger partial charge in [0.05, 0.1) is 0 Å². The van der Waals surface area contributed by atoms with E-state index in [9.17, 15) is 15.3 Å². The summed E-state index contributed by atoms with van der Waals surface area (Å²) in [5.74, 6) is 1.10. The molecular weight excluding hydrogens is 915 g/mol. The maximum Gasteiger partial charge on any atom is 0.115 e. The summed E-state index contributed by atoms with van der Waals surface area (Å²) in [7, 11) is 0. The topological polar surface area (TPSA) is 141 Å². The Bertz CT molecular complexity index is 3330. The highest BCUT2D eigenvalue weighted by Crippen LogP contribution is 2.28. The predicted molar refractivity (Wildman–Crippen MR) is 316 cm³/mol. The van der Waals surface area contributed by atoms with Crippen LogP contribution in [0.2, 0.25) is 0 Å². The fourth-order valence-corrected chi connectivity index (χ4v) is 7.28. The first-order valence-electron chi connectivity index (χ1n) is 23.0. The standard InChI is InChI=1S/C18H16N2O.2C16H13NO.C12H11NO.3CH4/c21-18-12-10-17(11-13-18)20-16-8-6-15(7-9-16)19-14-4-2-1-3-5-14;18-14-10-8-13(9-11-14)17-16-7-3-5-12-4-1-2-6-15(12)16;18-16-9-7-14(8-10-16)17-15-6-5-12-3-1-2-4-13(12)11-15;14-12-8-6-11(7-9-12)13-10-4-2-1-3-5-10;;;/h1-13,19-21H;2*1-11,17-18H;1-9,13-14H;3*1H4. The normalized spacial score (nSPS) is 9.78. The highest BCUT2D eigenvalue weighted by molar-refractivity contribution is 5.95. The molecular formula is C65H65N5O4. The molecule has 9 N–H and O–H groups in total. The molecule has 0 aliphatic rings. The number of benzene rings is 11. The van der Waals surface area contributed by atoms with E-state index in [1.165, 1.54) is 21.5 Å². The SMILES string of the molecule is C.C.C.Oc1ccc(Nc2ccc(Nc3ccccc3)cc2)cc1.Oc1ccc(Nc2ccc3ccccc3c2)cc1.Oc1ccc(Nc2cccc3ccccc23)cc1.Oc1ccc(Nc2ccccc2)cc1. The third-order valence-electron chi connectivity index (χ3n) is 10.9. The van der Waals surface area contributed by atoms with Crippen molar-refractivity contribution in [3.8, 4) is 23.0 Å². The molecule has 0 radical (unpaired) electrons. The van der Waals surface area contributed by atoms with E-state index >= 15 is 0 Å². The fourth-order valence-electron chi connectivity index (χ4n) is 7.28. The summed E-state index contributed by atoms with van der Waals surface area (Å²) < 4.78 is 0. The Hall–Kier alpha value is -9.86. The second-order valence-corrected chi connectivity index (χ2v) is 16.2. The number of fused-ring (bicyclic) bond motifs is 2. The molecule has 0 amide bonds. The Morgan fingerprint density at radius 3 is 0.905 bits per heavy atom. The monoisotopic (exact) mass is 980 g/mol. The van der Waals surface area contributed by atoms with Crippen molar-refractivity contribution >= 4 is 78.4 Å². The van der Waals surface area contributed by atoms with Gasteiger partial charge in [-0.3, -0.25) is 0 Å². The fraction of sp³-hybridized carbons (Fsp3) is 0.0462. The molecule has 11 rings (SSSR count). The highest BCUT2D eigenvalue weighted by atomic mass is 16.3. The zero-order valence-corrected chi connectivity index (χ0v) is 38.7. The number of anilines is 10. The van der Waals surface area contributed by atoms with E-state index in [-0.39, 0.29) is 45.3 Å². The number of para-hydroxylation sites is 2. The third-order valence-corrected chi connectivity index (χ3v) is 10.9. The second kappa shape index (κ2) is 28.1. The van der Waals surface area contributed by atoms with Gasteiger partial charge in [0.15, 0.2) is 0 Å². The van der Waals surface area contributed by atoms with Crippen LogP contribution in [0.25, 0.3) is 21.5 Å². The third kappa shape index (κ3) is 16.9. The summed E-state index contributed by atoms with van der Waals surface area (Å²) in [5, 5.41) is 58.2. The molecule has 9 nitrogen and oxygen atoms in total.